The van der Waals surface area contributed by atoms with E-state index in [1.54, 1.807) is 30.3 Å². The molecule has 0 amide bonds. The number of aryl methyl sites for hydroxylation is 10. The molecule has 5 heteroatoms. The van der Waals surface area contributed by atoms with Crippen molar-refractivity contribution in [3.63, 3.8) is 0 Å². The Morgan fingerprint density at radius 2 is 0.363 bits per heavy atom. The molecule has 0 N–H and O–H groups in total. The Hall–Kier alpha value is -13.4. The summed E-state index contributed by atoms with van der Waals surface area (Å²) in [7, 11) is 0. The minimum atomic E-state index is -0.188. The second-order valence-corrected chi connectivity index (χ2v) is 31.3. The summed E-state index contributed by atoms with van der Waals surface area (Å²) in [5, 5.41) is 0. The third kappa shape index (κ3) is 26.3. The Morgan fingerprint density at radius 1 is 0.202 bits per heavy atom. The lowest BCUT2D eigenvalue weighted by Gasteiger charge is -2.08. The molecule has 0 aliphatic carbocycles. The third-order valence-electron chi connectivity index (χ3n) is 22.4. The summed E-state index contributed by atoms with van der Waals surface area (Å²) < 4.78 is 73.1. The van der Waals surface area contributed by atoms with Crippen LogP contribution in [0.2, 0.25) is 0 Å². The van der Waals surface area contributed by atoms with E-state index >= 15 is 0 Å². The smallest absolute Gasteiger partial charge is 0.131 e. The molecule has 0 aliphatic rings. The molecule has 0 fully saturated rings. The summed E-state index contributed by atoms with van der Waals surface area (Å²) in [5.74, 6) is -0.920. The zero-order valence-electron chi connectivity index (χ0n) is 72.6. The molecular formula is C119H113F5. The second kappa shape index (κ2) is 47.2. The molecule has 0 saturated carbocycles. The van der Waals surface area contributed by atoms with Crippen LogP contribution in [0.15, 0.2) is 396 Å². The number of halogens is 5. The Bertz CT molecular complexity index is 5930. The first-order valence-electron chi connectivity index (χ1n) is 43.4. The zero-order chi connectivity index (χ0) is 87.5. The van der Waals surface area contributed by atoms with E-state index in [2.05, 4.69) is 205 Å². The van der Waals surface area contributed by atoms with Gasteiger partial charge in [0, 0.05) is 27.8 Å². The average Bonchev–Trinajstić information content (AvgIpc) is 0.834. The molecule has 124 heavy (non-hydrogen) atoms. The standard InChI is InChI=1S/C25H25F.2C24H23F.2C23H21F/c1-3-5-6-7-20-10-14-22(15-11-20)24-17-16-23(18-25(24)26)21-12-8-19(4-2)9-13-21;1-3-5-6-19-9-11-20(12-10-19)22-15-16-23(24(25)17-22)21-13-7-18(4-2)8-14-21;1-3-5-6-19-9-13-21(14-10-19)23-16-15-22(17-24(23)25)20-11-7-18(4-2)8-12-20;1-3-4-5-18-8-12-19(13-9-18)21-14-15-22(23(24)16-21)20-10-6-17(2)7-11-20;1-3-4-5-18-8-12-20(13-9-18)22-15-14-21(16-23(22)24)19-10-6-17(2)7-11-19/h3,5,8-18H,4,6-7H2,1-2H3;2*3,7-17H,1,4-6H2,2H3;2*3,6-16H,1,4-5H2,2H3/b5-3+;;;;. The van der Waals surface area contributed by atoms with Gasteiger partial charge in [0.15, 0.2) is 0 Å². The fourth-order valence-electron chi connectivity index (χ4n) is 14.7. The normalized spacial score (nSPS) is 10.7. The van der Waals surface area contributed by atoms with Gasteiger partial charge in [-0.2, -0.15) is 0 Å². The van der Waals surface area contributed by atoms with Crippen molar-refractivity contribution >= 4 is 0 Å². The Morgan fingerprint density at radius 3 is 0.540 bits per heavy atom. The second-order valence-electron chi connectivity index (χ2n) is 31.3. The van der Waals surface area contributed by atoms with Gasteiger partial charge in [0.2, 0.25) is 0 Å². The van der Waals surface area contributed by atoms with E-state index in [9.17, 15) is 22.0 Å². The van der Waals surface area contributed by atoms with Gasteiger partial charge in [-0.3, -0.25) is 0 Å². The molecule has 0 aliphatic heterocycles. The van der Waals surface area contributed by atoms with Crippen LogP contribution in [-0.2, 0) is 51.4 Å². The van der Waals surface area contributed by atoms with Crippen LogP contribution >= 0.6 is 0 Å². The van der Waals surface area contributed by atoms with Crippen LogP contribution in [0, 0.1) is 42.9 Å². The third-order valence-corrected chi connectivity index (χ3v) is 22.4. The van der Waals surface area contributed by atoms with E-state index in [1.165, 1.54) is 55.6 Å². The molecule has 624 valence electrons. The summed E-state index contributed by atoms with van der Waals surface area (Å²) in [6.07, 6.45) is 24.8. The van der Waals surface area contributed by atoms with Gasteiger partial charge in [-0.15, -0.1) is 26.3 Å². The van der Waals surface area contributed by atoms with Crippen molar-refractivity contribution in [2.45, 2.75) is 125 Å². The largest absolute Gasteiger partial charge is 0.206 e. The van der Waals surface area contributed by atoms with Gasteiger partial charge in [0.05, 0.1) is 0 Å². The van der Waals surface area contributed by atoms with Gasteiger partial charge in [-0.05, 0) is 263 Å². The van der Waals surface area contributed by atoms with Crippen molar-refractivity contribution in [3.8, 4) is 111 Å². The van der Waals surface area contributed by atoms with Crippen LogP contribution in [0.5, 0.6) is 0 Å². The topological polar surface area (TPSA) is 0 Å². The van der Waals surface area contributed by atoms with Crippen molar-refractivity contribution in [3.05, 3.63) is 481 Å². The highest BCUT2D eigenvalue weighted by atomic mass is 19.1. The number of allylic oxidation sites excluding steroid dienone is 6. The lowest BCUT2D eigenvalue weighted by molar-refractivity contribution is 0.631. The monoisotopic (exact) mass is 1640 g/mol. The van der Waals surface area contributed by atoms with E-state index < -0.39 is 0 Å². The molecule has 0 atom stereocenters. The van der Waals surface area contributed by atoms with E-state index in [0.717, 1.165) is 167 Å². The summed E-state index contributed by atoms with van der Waals surface area (Å²) >= 11 is 0. The first kappa shape index (κ1) is 91.4. The van der Waals surface area contributed by atoms with E-state index in [1.807, 2.05) is 203 Å². The molecule has 0 radical (unpaired) electrons. The van der Waals surface area contributed by atoms with Crippen molar-refractivity contribution in [1.29, 1.82) is 0 Å². The fraction of sp³-hybridized carbons (Fsp3) is 0.160. The molecular weight excluding hydrogens is 1520 g/mol. The van der Waals surface area contributed by atoms with Gasteiger partial charge in [0.1, 0.15) is 29.1 Å². The minimum absolute atomic E-state index is 0.177. The van der Waals surface area contributed by atoms with Crippen LogP contribution in [0.4, 0.5) is 22.0 Å². The predicted octanol–water partition coefficient (Wildman–Crippen LogP) is 34.1. The molecule has 0 aromatic heterocycles. The Balaban J connectivity index is 0.000000151. The predicted molar refractivity (Wildman–Crippen MR) is 521 cm³/mol. The van der Waals surface area contributed by atoms with Crippen LogP contribution in [0.3, 0.4) is 0 Å². The molecule has 0 saturated heterocycles. The summed E-state index contributed by atoms with van der Waals surface area (Å²) in [6.45, 7) is 27.5. The molecule has 0 heterocycles. The van der Waals surface area contributed by atoms with E-state index in [4.69, 9.17) is 0 Å². The first-order valence-corrected chi connectivity index (χ1v) is 43.4. The number of hydrogen-bond acceptors (Lipinski definition) is 0. The lowest BCUT2D eigenvalue weighted by atomic mass is 9.97. The van der Waals surface area contributed by atoms with Crippen LogP contribution in [0.1, 0.15) is 115 Å². The molecule has 0 spiro atoms. The van der Waals surface area contributed by atoms with Crippen molar-refractivity contribution < 1.29 is 22.0 Å². The zero-order valence-corrected chi connectivity index (χ0v) is 72.6. The molecule has 0 bridgehead atoms. The van der Waals surface area contributed by atoms with Gasteiger partial charge in [-0.1, -0.05) is 372 Å². The minimum Gasteiger partial charge on any atom is -0.206 e. The van der Waals surface area contributed by atoms with Crippen LogP contribution in [0.25, 0.3) is 111 Å². The van der Waals surface area contributed by atoms with Crippen LogP contribution in [-0.4, -0.2) is 0 Å². The fourth-order valence-corrected chi connectivity index (χ4v) is 14.7. The molecule has 15 aromatic carbocycles. The highest BCUT2D eigenvalue weighted by Gasteiger charge is 2.15. The van der Waals surface area contributed by atoms with Crippen LogP contribution < -0.4 is 0 Å². The highest BCUT2D eigenvalue weighted by molar-refractivity contribution is 5.77. The Kier molecular flexibility index (Phi) is 34.8. The summed E-state index contributed by atoms with van der Waals surface area (Å²) in [4.78, 5) is 0. The first-order chi connectivity index (χ1) is 60.5. The van der Waals surface area contributed by atoms with Gasteiger partial charge < -0.3 is 0 Å². The van der Waals surface area contributed by atoms with Crippen molar-refractivity contribution in [1.82, 2.24) is 0 Å². The molecule has 0 nitrogen and oxygen atoms in total. The lowest BCUT2D eigenvalue weighted by Crippen LogP contribution is -1.89. The molecule has 0 unspecified atom stereocenters. The van der Waals surface area contributed by atoms with E-state index in [0.29, 0.717) is 27.8 Å². The average molecular weight is 1640 g/mol. The molecule has 15 aromatic rings. The quantitative estimate of drug-likeness (QED) is 0.0339. The highest BCUT2D eigenvalue weighted by Crippen LogP contribution is 2.36. The maximum absolute atomic E-state index is 14.7. The number of hydrogen-bond donors (Lipinski definition) is 0. The summed E-state index contributed by atoms with van der Waals surface area (Å²) in [6, 6.07) is 109. The summed E-state index contributed by atoms with van der Waals surface area (Å²) in [5.41, 5.74) is 30.0. The van der Waals surface area contributed by atoms with Gasteiger partial charge >= 0.3 is 0 Å². The van der Waals surface area contributed by atoms with Gasteiger partial charge in [0.25, 0.3) is 0 Å². The van der Waals surface area contributed by atoms with Crippen molar-refractivity contribution in [2.75, 3.05) is 0 Å². The van der Waals surface area contributed by atoms with Gasteiger partial charge in [-0.25, -0.2) is 22.0 Å². The SMILES string of the molecule is C/C=C/CCc1ccc(-c2ccc(-c3ccc(CC)cc3)cc2F)cc1.C=CCCc1ccc(-c2ccc(-c3ccc(C)cc3)c(F)c2)cc1.C=CCCc1ccc(-c2ccc(-c3ccc(C)cc3)cc2F)cc1.C=CCCc1ccc(-c2ccc(-c3ccc(CC)cc3)c(F)c2)cc1.C=CCCc1ccc(-c2ccc(-c3ccc(CC)cc3)cc2F)cc1. The maximum atomic E-state index is 14.7. The maximum Gasteiger partial charge on any atom is 0.131 e. The Labute approximate surface area is 734 Å². The van der Waals surface area contributed by atoms with Crippen molar-refractivity contribution in [2.24, 2.45) is 0 Å². The van der Waals surface area contributed by atoms with E-state index in [-0.39, 0.29) is 29.1 Å². The number of benzene rings is 15. The number of rotatable bonds is 28. The molecule has 15 rings (SSSR count).